The minimum atomic E-state index is -2.86. The molecular weight excluding hydrogens is 214 g/mol. The Bertz CT molecular complexity index is 333. The fourth-order valence-corrected chi connectivity index (χ4v) is 4.96. The molecular formula is C10H19NO3S. The molecule has 0 spiro atoms. The zero-order chi connectivity index (χ0) is 11.1. The molecule has 1 saturated heterocycles. The summed E-state index contributed by atoms with van der Waals surface area (Å²) in [4.78, 5) is 0. The Morgan fingerprint density at radius 3 is 2.53 bits per heavy atom. The molecule has 1 unspecified atom stereocenters. The standard InChI is InChI=1S/C10H19NO3S/c11-7-10(4-9(12)5-10)8-2-1-3-15(13,14)6-8/h8-9,12H,1-7,11H2. The Morgan fingerprint density at radius 1 is 1.40 bits per heavy atom. The highest BCUT2D eigenvalue weighted by atomic mass is 32.2. The molecule has 2 rings (SSSR count). The van der Waals surface area contributed by atoms with Gasteiger partial charge in [-0.3, -0.25) is 0 Å². The first-order valence-electron chi connectivity index (χ1n) is 5.56. The van der Waals surface area contributed by atoms with Crippen molar-refractivity contribution in [1.82, 2.24) is 0 Å². The molecule has 2 fully saturated rings. The van der Waals surface area contributed by atoms with Gasteiger partial charge in [0.2, 0.25) is 0 Å². The molecule has 15 heavy (non-hydrogen) atoms. The molecule has 0 aromatic rings. The zero-order valence-electron chi connectivity index (χ0n) is 8.85. The average Bonchev–Trinajstić information content (AvgIpc) is 2.11. The van der Waals surface area contributed by atoms with Gasteiger partial charge in [0.05, 0.1) is 17.6 Å². The zero-order valence-corrected chi connectivity index (χ0v) is 9.67. The lowest BCUT2D eigenvalue weighted by atomic mass is 9.59. The minimum absolute atomic E-state index is 0.0904. The van der Waals surface area contributed by atoms with Crippen LogP contribution in [0.5, 0.6) is 0 Å². The Morgan fingerprint density at radius 2 is 2.07 bits per heavy atom. The first-order valence-corrected chi connectivity index (χ1v) is 7.38. The maximum absolute atomic E-state index is 11.5. The molecule has 0 aromatic heterocycles. The molecule has 0 bridgehead atoms. The number of sulfone groups is 1. The first-order chi connectivity index (χ1) is 6.97. The van der Waals surface area contributed by atoms with Crippen LogP contribution in [0.3, 0.4) is 0 Å². The van der Waals surface area contributed by atoms with Crippen LogP contribution >= 0.6 is 0 Å². The van der Waals surface area contributed by atoms with E-state index in [2.05, 4.69) is 0 Å². The maximum Gasteiger partial charge on any atom is 0.150 e. The van der Waals surface area contributed by atoms with Gasteiger partial charge in [0.25, 0.3) is 0 Å². The third-order valence-corrected chi connectivity index (χ3v) is 5.84. The van der Waals surface area contributed by atoms with Crippen LogP contribution in [0.4, 0.5) is 0 Å². The monoisotopic (exact) mass is 233 g/mol. The van der Waals surface area contributed by atoms with Crippen LogP contribution < -0.4 is 5.73 Å². The van der Waals surface area contributed by atoms with E-state index in [1.54, 1.807) is 0 Å². The highest BCUT2D eigenvalue weighted by Crippen LogP contribution is 2.49. The van der Waals surface area contributed by atoms with Crippen molar-refractivity contribution in [3.05, 3.63) is 0 Å². The number of nitrogens with two attached hydrogens (primary N) is 1. The minimum Gasteiger partial charge on any atom is -0.393 e. The SMILES string of the molecule is NCC1(C2CCCS(=O)(=O)C2)CC(O)C1. The van der Waals surface area contributed by atoms with E-state index in [4.69, 9.17) is 5.73 Å². The highest BCUT2D eigenvalue weighted by molar-refractivity contribution is 7.91. The number of rotatable bonds is 2. The lowest BCUT2D eigenvalue weighted by Gasteiger charge is -2.51. The lowest BCUT2D eigenvalue weighted by Crippen LogP contribution is -2.53. The van der Waals surface area contributed by atoms with E-state index in [0.717, 1.165) is 12.8 Å². The highest BCUT2D eigenvalue weighted by Gasteiger charge is 2.49. The molecule has 0 aromatic carbocycles. The van der Waals surface area contributed by atoms with Gasteiger partial charge in [-0.1, -0.05) is 0 Å². The van der Waals surface area contributed by atoms with Crippen molar-refractivity contribution in [2.45, 2.75) is 31.8 Å². The van der Waals surface area contributed by atoms with Gasteiger partial charge in [0.1, 0.15) is 0 Å². The molecule has 0 amide bonds. The summed E-state index contributed by atoms with van der Waals surface area (Å²) >= 11 is 0. The van der Waals surface area contributed by atoms with E-state index in [1.807, 2.05) is 0 Å². The van der Waals surface area contributed by atoms with Gasteiger partial charge in [-0.15, -0.1) is 0 Å². The van der Waals surface area contributed by atoms with Crippen LogP contribution in [0.25, 0.3) is 0 Å². The van der Waals surface area contributed by atoms with Crippen LogP contribution in [-0.4, -0.2) is 37.7 Å². The van der Waals surface area contributed by atoms with Crippen molar-refractivity contribution in [1.29, 1.82) is 0 Å². The molecule has 2 aliphatic rings. The van der Waals surface area contributed by atoms with Crippen molar-refractivity contribution in [3.63, 3.8) is 0 Å². The van der Waals surface area contributed by atoms with Gasteiger partial charge < -0.3 is 10.8 Å². The Hall–Kier alpha value is -0.130. The van der Waals surface area contributed by atoms with Crippen molar-refractivity contribution < 1.29 is 13.5 Å². The number of aliphatic hydroxyl groups excluding tert-OH is 1. The molecule has 0 radical (unpaired) electrons. The first kappa shape index (κ1) is 11.4. The van der Waals surface area contributed by atoms with E-state index >= 15 is 0 Å². The summed E-state index contributed by atoms with van der Waals surface area (Å²) in [5.74, 6) is 0.772. The number of aliphatic hydroxyl groups is 1. The fourth-order valence-electron chi connectivity index (χ4n) is 3.05. The van der Waals surface area contributed by atoms with Crippen LogP contribution in [0.15, 0.2) is 0 Å². The third-order valence-electron chi connectivity index (χ3n) is 4.02. The van der Waals surface area contributed by atoms with Crippen LogP contribution in [0.2, 0.25) is 0 Å². The molecule has 1 heterocycles. The van der Waals surface area contributed by atoms with Crippen molar-refractivity contribution >= 4 is 9.84 Å². The van der Waals surface area contributed by atoms with E-state index in [0.29, 0.717) is 25.1 Å². The van der Waals surface area contributed by atoms with Crippen molar-refractivity contribution in [2.75, 3.05) is 18.1 Å². The summed E-state index contributed by atoms with van der Waals surface area (Å²) in [6.07, 6.45) is 2.81. The lowest BCUT2D eigenvalue weighted by molar-refractivity contribution is -0.0615. The number of hydrogen-bond donors (Lipinski definition) is 2. The topological polar surface area (TPSA) is 80.4 Å². The quantitative estimate of drug-likeness (QED) is 0.698. The summed E-state index contributed by atoms with van der Waals surface area (Å²) in [6.45, 7) is 0.504. The smallest absolute Gasteiger partial charge is 0.150 e. The summed E-state index contributed by atoms with van der Waals surface area (Å²) in [6, 6.07) is 0. The van der Waals surface area contributed by atoms with Crippen LogP contribution in [0.1, 0.15) is 25.7 Å². The summed E-state index contributed by atoms with van der Waals surface area (Å²) in [5.41, 5.74) is 5.65. The molecule has 5 heteroatoms. The maximum atomic E-state index is 11.5. The Balaban J connectivity index is 2.09. The van der Waals surface area contributed by atoms with E-state index < -0.39 is 9.84 Å². The molecule has 1 saturated carbocycles. The second-order valence-corrected chi connectivity index (χ2v) is 7.31. The predicted molar refractivity (Wildman–Crippen MR) is 58.1 cm³/mol. The van der Waals surface area contributed by atoms with Gasteiger partial charge in [-0.05, 0) is 43.6 Å². The summed E-state index contributed by atoms with van der Waals surface area (Å²) < 4.78 is 23.1. The molecule has 88 valence electrons. The van der Waals surface area contributed by atoms with E-state index in [1.165, 1.54) is 0 Å². The van der Waals surface area contributed by atoms with Crippen LogP contribution in [0, 0.1) is 11.3 Å². The van der Waals surface area contributed by atoms with Gasteiger partial charge in [0, 0.05) is 0 Å². The largest absolute Gasteiger partial charge is 0.393 e. The molecule has 3 N–H and O–H groups in total. The second-order valence-electron chi connectivity index (χ2n) is 5.08. The normalized spacial score (nSPS) is 44.7. The van der Waals surface area contributed by atoms with Gasteiger partial charge in [0.15, 0.2) is 9.84 Å². The van der Waals surface area contributed by atoms with E-state index in [9.17, 15) is 13.5 Å². The van der Waals surface area contributed by atoms with Crippen molar-refractivity contribution in [3.8, 4) is 0 Å². The summed E-state index contributed by atoms with van der Waals surface area (Å²) in [5, 5.41) is 9.37. The van der Waals surface area contributed by atoms with Crippen LogP contribution in [-0.2, 0) is 9.84 Å². The number of hydrogen-bond acceptors (Lipinski definition) is 4. The molecule has 1 atom stereocenters. The molecule has 1 aliphatic carbocycles. The van der Waals surface area contributed by atoms with Crippen molar-refractivity contribution in [2.24, 2.45) is 17.1 Å². The Kier molecular flexibility index (Phi) is 2.81. The average molecular weight is 233 g/mol. The second kappa shape index (κ2) is 3.71. The van der Waals surface area contributed by atoms with E-state index in [-0.39, 0.29) is 23.2 Å². The van der Waals surface area contributed by atoms with Gasteiger partial charge >= 0.3 is 0 Å². The van der Waals surface area contributed by atoms with Gasteiger partial charge in [-0.25, -0.2) is 8.42 Å². The predicted octanol–water partition coefficient (Wildman–Crippen LogP) is -0.0890. The fraction of sp³-hybridized carbons (Fsp3) is 1.00. The molecule has 4 nitrogen and oxygen atoms in total. The third kappa shape index (κ3) is 2.05. The molecule has 1 aliphatic heterocycles. The van der Waals surface area contributed by atoms with Gasteiger partial charge in [-0.2, -0.15) is 0 Å². The summed E-state index contributed by atoms with van der Waals surface area (Å²) in [7, 11) is -2.86. The Labute approximate surface area is 90.8 Å².